The molecule has 1 aromatic heterocycles. The van der Waals surface area contributed by atoms with Crippen LogP contribution in [0.1, 0.15) is 17.2 Å². The maximum atomic E-state index is 9.51. The first-order valence-corrected chi connectivity index (χ1v) is 6.57. The van der Waals surface area contributed by atoms with Gasteiger partial charge in [-0.15, -0.1) is 0 Å². The number of hydrogen-bond donors (Lipinski definition) is 0. The van der Waals surface area contributed by atoms with Crippen molar-refractivity contribution in [2.75, 3.05) is 7.11 Å². The van der Waals surface area contributed by atoms with Crippen LogP contribution in [0.3, 0.4) is 0 Å². The van der Waals surface area contributed by atoms with Gasteiger partial charge in [-0.1, -0.05) is 24.3 Å². The summed E-state index contributed by atoms with van der Waals surface area (Å²) in [5.74, 6) is 0.263. The molecule has 4 nitrogen and oxygen atoms in total. The van der Waals surface area contributed by atoms with Crippen molar-refractivity contribution in [3.8, 4) is 11.8 Å². The minimum absolute atomic E-state index is 0.461. The van der Waals surface area contributed by atoms with Crippen LogP contribution in [0.2, 0.25) is 0 Å². The van der Waals surface area contributed by atoms with Crippen LogP contribution in [-0.2, 0) is 0 Å². The van der Waals surface area contributed by atoms with Gasteiger partial charge in [-0.2, -0.15) is 5.26 Å². The summed E-state index contributed by atoms with van der Waals surface area (Å²) in [5.41, 5.74) is 3.10. The van der Waals surface area contributed by atoms with Gasteiger partial charge in [0.25, 0.3) is 0 Å². The van der Waals surface area contributed by atoms with Crippen LogP contribution in [0.5, 0.6) is 5.75 Å². The molecule has 0 amide bonds. The number of benzene rings is 2. The van der Waals surface area contributed by atoms with E-state index in [4.69, 9.17) is 4.74 Å². The number of para-hydroxylation sites is 2. The summed E-state index contributed by atoms with van der Waals surface area (Å²) in [6.07, 6.45) is 1.66. The van der Waals surface area contributed by atoms with Gasteiger partial charge in [-0.05, 0) is 29.8 Å². The Balaban J connectivity index is 2.07. The average molecular weight is 275 g/mol. The van der Waals surface area contributed by atoms with Crippen LogP contribution in [0.4, 0.5) is 0 Å². The zero-order chi connectivity index (χ0) is 14.7. The molecule has 0 aliphatic heterocycles. The van der Waals surface area contributed by atoms with Crippen molar-refractivity contribution < 1.29 is 4.74 Å². The first-order valence-electron chi connectivity index (χ1n) is 6.57. The molecule has 0 aliphatic carbocycles. The lowest BCUT2D eigenvalue weighted by molar-refractivity contribution is 0.414. The van der Waals surface area contributed by atoms with Crippen LogP contribution in [0.25, 0.3) is 11.0 Å². The molecule has 2 aromatic carbocycles. The van der Waals surface area contributed by atoms with Crippen LogP contribution in [-0.4, -0.2) is 17.1 Å². The summed E-state index contributed by atoms with van der Waals surface area (Å²) in [6, 6.07) is 17.4. The van der Waals surface area contributed by atoms with E-state index in [1.165, 1.54) is 0 Å². The molecular formula is C17H13N3O. The molecule has 0 fully saturated rings. The number of rotatable bonds is 3. The van der Waals surface area contributed by atoms with Gasteiger partial charge in [-0.3, -0.25) is 4.98 Å². The number of ether oxygens (including phenoxy) is 1. The lowest BCUT2D eigenvalue weighted by Crippen LogP contribution is -2.02. The van der Waals surface area contributed by atoms with Crippen LogP contribution >= 0.6 is 0 Å². The van der Waals surface area contributed by atoms with E-state index in [1.807, 2.05) is 48.5 Å². The van der Waals surface area contributed by atoms with Gasteiger partial charge in [0, 0.05) is 0 Å². The van der Waals surface area contributed by atoms with Crippen molar-refractivity contribution >= 4 is 11.0 Å². The van der Waals surface area contributed by atoms with E-state index in [2.05, 4.69) is 16.0 Å². The minimum atomic E-state index is -0.461. The van der Waals surface area contributed by atoms with Gasteiger partial charge < -0.3 is 4.74 Å². The van der Waals surface area contributed by atoms with Gasteiger partial charge in [-0.25, -0.2) is 4.98 Å². The Bertz CT molecular complexity index is 823. The lowest BCUT2D eigenvalue weighted by atomic mass is 9.97. The molecule has 102 valence electrons. The van der Waals surface area contributed by atoms with E-state index >= 15 is 0 Å². The number of hydrogen-bond acceptors (Lipinski definition) is 4. The van der Waals surface area contributed by atoms with Crippen LogP contribution in [0.15, 0.2) is 54.7 Å². The molecule has 1 unspecified atom stereocenters. The van der Waals surface area contributed by atoms with Crippen molar-refractivity contribution in [1.29, 1.82) is 5.26 Å². The Morgan fingerprint density at radius 1 is 1.10 bits per heavy atom. The van der Waals surface area contributed by atoms with Gasteiger partial charge in [0.1, 0.15) is 11.7 Å². The molecular weight excluding hydrogens is 262 g/mol. The molecule has 4 heteroatoms. The smallest absolute Gasteiger partial charge is 0.119 e. The Morgan fingerprint density at radius 3 is 2.67 bits per heavy atom. The fourth-order valence-electron chi connectivity index (χ4n) is 2.24. The second kappa shape index (κ2) is 5.59. The normalized spacial score (nSPS) is 11.8. The Kier molecular flexibility index (Phi) is 3.48. The highest BCUT2D eigenvalue weighted by Crippen LogP contribution is 2.26. The molecule has 0 spiro atoms. The third-order valence-corrected chi connectivity index (χ3v) is 3.32. The highest BCUT2D eigenvalue weighted by atomic mass is 16.5. The van der Waals surface area contributed by atoms with Gasteiger partial charge in [0.15, 0.2) is 0 Å². The van der Waals surface area contributed by atoms with E-state index in [1.54, 1.807) is 13.3 Å². The third-order valence-electron chi connectivity index (χ3n) is 3.32. The van der Waals surface area contributed by atoms with Crippen molar-refractivity contribution in [3.63, 3.8) is 0 Å². The number of methoxy groups -OCH3 is 1. The quantitative estimate of drug-likeness (QED) is 0.736. The fraction of sp³-hybridized carbons (Fsp3) is 0.118. The number of fused-ring (bicyclic) bond motifs is 1. The largest absolute Gasteiger partial charge is 0.497 e. The second-order valence-electron chi connectivity index (χ2n) is 4.62. The fourth-order valence-corrected chi connectivity index (χ4v) is 2.24. The summed E-state index contributed by atoms with van der Waals surface area (Å²) in [4.78, 5) is 8.93. The SMILES string of the molecule is COc1cccc(C(C#N)c2cnc3ccccc3n2)c1. The summed E-state index contributed by atoms with van der Waals surface area (Å²) < 4.78 is 5.21. The van der Waals surface area contributed by atoms with Crippen molar-refractivity contribution in [2.45, 2.75) is 5.92 Å². The van der Waals surface area contributed by atoms with Crippen molar-refractivity contribution in [1.82, 2.24) is 9.97 Å². The summed E-state index contributed by atoms with van der Waals surface area (Å²) >= 11 is 0. The summed E-state index contributed by atoms with van der Waals surface area (Å²) in [6.45, 7) is 0. The molecule has 0 bridgehead atoms. The molecule has 0 saturated heterocycles. The lowest BCUT2D eigenvalue weighted by Gasteiger charge is -2.10. The van der Waals surface area contributed by atoms with Gasteiger partial charge in [0.2, 0.25) is 0 Å². The highest BCUT2D eigenvalue weighted by Gasteiger charge is 2.16. The van der Waals surface area contributed by atoms with E-state index in [0.29, 0.717) is 5.69 Å². The molecule has 0 N–H and O–H groups in total. The predicted octanol–water partition coefficient (Wildman–Crippen LogP) is 3.29. The molecule has 1 heterocycles. The average Bonchev–Trinajstić information content (AvgIpc) is 2.56. The zero-order valence-corrected chi connectivity index (χ0v) is 11.5. The highest BCUT2D eigenvalue weighted by molar-refractivity contribution is 5.73. The summed E-state index contributed by atoms with van der Waals surface area (Å²) in [5, 5.41) is 9.51. The molecule has 0 saturated carbocycles. The molecule has 1 atom stereocenters. The molecule has 0 radical (unpaired) electrons. The molecule has 3 rings (SSSR count). The van der Waals surface area contributed by atoms with Crippen LogP contribution < -0.4 is 4.74 Å². The van der Waals surface area contributed by atoms with E-state index < -0.39 is 5.92 Å². The van der Waals surface area contributed by atoms with Crippen LogP contribution in [0, 0.1) is 11.3 Å². The topological polar surface area (TPSA) is 58.8 Å². The number of nitrogens with zero attached hydrogens (tertiary/aromatic N) is 3. The third kappa shape index (κ3) is 2.54. The zero-order valence-electron chi connectivity index (χ0n) is 11.5. The van der Waals surface area contributed by atoms with E-state index in [9.17, 15) is 5.26 Å². The predicted molar refractivity (Wildman–Crippen MR) is 80.0 cm³/mol. The number of nitriles is 1. The number of aromatic nitrogens is 2. The van der Waals surface area contributed by atoms with Gasteiger partial charge >= 0.3 is 0 Å². The molecule has 0 aliphatic rings. The maximum absolute atomic E-state index is 9.51. The van der Waals surface area contributed by atoms with Crippen molar-refractivity contribution in [3.05, 3.63) is 66.0 Å². The minimum Gasteiger partial charge on any atom is -0.497 e. The van der Waals surface area contributed by atoms with Gasteiger partial charge in [0.05, 0.1) is 36.1 Å². The molecule has 21 heavy (non-hydrogen) atoms. The maximum Gasteiger partial charge on any atom is 0.119 e. The first kappa shape index (κ1) is 13.1. The first-order chi connectivity index (χ1) is 10.3. The Hall–Kier alpha value is -2.93. The molecule has 3 aromatic rings. The van der Waals surface area contributed by atoms with E-state index in [-0.39, 0.29) is 0 Å². The summed E-state index contributed by atoms with van der Waals surface area (Å²) in [7, 11) is 1.61. The Morgan fingerprint density at radius 2 is 1.90 bits per heavy atom. The monoisotopic (exact) mass is 275 g/mol. The van der Waals surface area contributed by atoms with Crippen molar-refractivity contribution in [2.24, 2.45) is 0 Å². The Labute approximate surface area is 122 Å². The standard InChI is InChI=1S/C17H13N3O/c1-21-13-6-4-5-12(9-13)14(10-18)17-11-19-15-7-2-3-8-16(15)20-17/h2-9,11,14H,1H3. The van der Waals surface area contributed by atoms with E-state index in [0.717, 1.165) is 22.3 Å². The second-order valence-corrected chi connectivity index (χ2v) is 4.62.